The molecule has 0 unspecified atom stereocenters. The molecule has 3 nitrogen and oxygen atoms in total. The molecule has 0 atom stereocenters. The molecule has 2 aromatic rings. The Morgan fingerprint density at radius 1 is 1.25 bits per heavy atom. The van der Waals surface area contributed by atoms with E-state index in [1.165, 1.54) is 37.6 Å². The molecule has 3 rings (SSSR count). The highest BCUT2D eigenvalue weighted by Crippen LogP contribution is 2.26. The summed E-state index contributed by atoms with van der Waals surface area (Å²) in [6, 6.07) is 10.3. The lowest BCUT2D eigenvalue weighted by Crippen LogP contribution is -2.24. The maximum atomic E-state index is 6.11. The van der Waals surface area contributed by atoms with Crippen molar-refractivity contribution < 1.29 is 0 Å². The number of nitrogen functional groups attached to an aromatic ring is 1. The predicted octanol–water partition coefficient (Wildman–Crippen LogP) is 3.44. The molecule has 1 heterocycles. The third-order valence-corrected chi connectivity index (χ3v) is 4.32. The van der Waals surface area contributed by atoms with Crippen LogP contribution in [0.5, 0.6) is 0 Å². The van der Waals surface area contributed by atoms with Crippen LogP contribution in [-0.4, -0.2) is 23.5 Å². The Morgan fingerprint density at radius 3 is 2.80 bits per heavy atom. The molecule has 2 N–H and O–H groups in total. The van der Waals surface area contributed by atoms with Crippen LogP contribution in [-0.2, 0) is 6.54 Å². The molecule has 106 valence electrons. The van der Waals surface area contributed by atoms with Gasteiger partial charge in [-0.3, -0.25) is 0 Å². The minimum absolute atomic E-state index is 0.668. The van der Waals surface area contributed by atoms with E-state index in [4.69, 9.17) is 5.73 Å². The van der Waals surface area contributed by atoms with Gasteiger partial charge in [0.25, 0.3) is 0 Å². The number of benzene rings is 1. The van der Waals surface area contributed by atoms with Crippen molar-refractivity contribution in [2.24, 2.45) is 5.92 Å². The Labute approximate surface area is 120 Å². The molecule has 1 fully saturated rings. The molecule has 0 spiro atoms. The van der Waals surface area contributed by atoms with Gasteiger partial charge in [-0.1, -0.05) is 31.0 Å². The van der Waals surface area contributed by atoms with E-state index in [0.29, 0.717) is 5.82 Å². The third kappa shape index (κ3) is 2.93. The molecule has 1 aliphatic rings. The average molecular weight is 269 g/mol. The van der Waals surface area contributed by atoms with Gasteiger partial charge in [0.2, 0.25) is 0 Å². The monoisotopic (exact) mass is 269 g/mol. The number of anilines is 1. The van der Waals surface area contributed by atoms with Crippen molar-refractivity contribution in [1.82, 2.24) is 9.88 Å². The summed E-state index contributed by atoms with van der Waals surface area (Å²) in [6.07, 6.45) is 5.57. The highest BCUT2D eigenvalue weighted by atomic mass is 15.1. The first-order chi connectivity index (χ1) is 9.72. The number of aromatic nitrogens is 1. The number of pyridine rings is 1. The number of nitrogens with zero attached hydrogens (tertiary/aromatic N) is 2. The summed E-state index contributed by atoms with van der Waals surface area (Å²) in [5.41, 5.74) is 8.23. The number of fused-ring (bicyclic) bond motifs is 1. The Kier molecular flexibility index (Phi) is 3.88. The van der Waals surface area contributed by atoms with Gasteiger partial charge in [0.1, 0.15) is 5.82 Å². The van der Waals surface area contributed by atoms with Gasteiger partial charge in [-0.25, -0.2) is 4.98 Å². The number of hydrogen-bond donors (Lipinski definition) is 1. The van der Waals surface area contributed by atoms with Crippen LogP contribution in [0.25, 0.3) is 10.9 Å². The van der Waals surface area contributed by atoms with E-state index in [9.17, 15) is 0 Å². The SMILES string of the molecule is CN(Cc1cc2ccccc2nc1N)CC1CCCC1. The minimum atomic E-state index is 0.668. The number of rotatable bonds is 4. The minimum Gasteiger partial charge on any atom is -0.383 e. The first-order valence-electron chi connectivity index (χ1n) is 7.55. The van der Waals surface area contributed by atoms with Crippen LogP contribution in [0.15, 0.2) is 30.3 Å². The molecular formula is C17H23N3. The van der Waals surface area contributed by atoms with Crippen molar-refractivity contribution in [3.63, 3.8) is 0 Å². The van der Waals surface area contributed by atoms with Crippen molar-refractivity contribution >= 4 is 16.7 Å². The smallest absolute Gasteiger partial charge is 0.128 e. The average Bonchev–Trinajstić information content (AvgIpc) is 2.92. The number of para-hydroxylation sites is 1. The lowest BCUT2D eigenvalue weighted by atomic mass is 10.1. The van der Waals surface area contributed by atoms with Crippen LogP contribution < -0.4 is 5.73 Å². The summed E-state index contributed by atoms with van der Waals surface area (Å²) in [4.78, 5) is 6.90. The van der Waals surface area contributed by atoms with Gasteiger partial charge >= 0.3 is 0 Å². The molecule has 0 amide bonds. The van der Waals surface area contributed by atoms with Crippen LogP contribution >= 0.6 is 0 Å². The van der Waals surface area contributed by atoms with Crippen molar-refractivity contribution in [2.75, 3.05) is 19.3 Å². The van der Waals surface area contributed by atoms with E-state index in [1.807, 2.05) is 18.2 Å². The molecule has 0 radical (unpaired) electrons. The predicted molar refractivity (Wildman–Crippen MR) is 84.4 cm³/mol. The highest BCUT2D eigenvalue weighted by Gasteiger charge is 2.17. The van der Waals surface area contributed by atoms with Gasteiger partial charge in [0, 0.05) is 24.0 Å². The molecule has 0 aliphatic heterocycles. The van der Waals surface area contributed by atoms with Crippen LogP contribution in [0.4, 0.5) is 5.82 Å². The van der Waals surface area contributed by atoms with Crippen LogP contribution in [0, 0.1) is 5.92 Å². The molecular weight excluding hydrogens is 246 g/mol. The Balaban J connectivity index is 1.74. The van der Waals surface area contributed by atoms with Gasteiger partial charge in [0.05, 0.1) is 5.52 Å². The quantitative estimate of drug-likeness (QED) is 0.924. The maximum Gasteiger partial charge on any atom is 0.128 e. The van der Waals surface area contributed by atoms with Crippen molar-refractivity contribution in [3.8, 4) is 0 Å². The van der Waals surface area contributed by atoms with Gasteiger partial charge in [-0.15, -0.1) is 0 Å². The Bertz CT molecular complexity index is 588. The molecule has 1 aromatic heterocycles. The van der Waals surface area contributed by atoms with Crippen LogP contribution in [0.1, 0.15) is 31.2 Å². The second kappa shape index (κ2) is 5.80. The van der Waals surface area contributed by atoms with Crippen molar-refractivity contribution in [3.05, 3.63) is 35.9 Å². The summed E-state index contributed by atoms with van der Waals surface area (Å²) < 4.78 is 0. The Morgan fingerprint density at radius 2 is 2.00 bits per heavy atom. The zero-order valence-corrected chi connectivity index (χ0v) is 12.2. The molecule has 20 heavy (non-hydrogen) atoms. The van der Waals surface area contributed by atoms with E-state index in [2.05, 4.69) is 29.1 Å². The zero-order chi connectivity index (χ0) is 13.9. The fourth-order valence-corrected chi connectivity index (χ4v) is 3.29. The molecule has 1 aliphatic carbocycles. The van der Waals surface area contributed by atoms with Crippen LogP contribution in [0.2, 0.25) is 0 Å². The first kappa shape index (κ1) is 13.4. The number of hydrogen-bond acceptors (Lipinski definition) is 3. The first-order valence-corrected chi connectivity index (χ1v) is 7.55. The highest BCUT2D eigenvalue weighted by molar-refractivity contribution is 5.81. The number of nitrogens with two attached hydrogens (primary N) is 1. The van der Waals surface area contributed by atoms with Crippen LogP contribution in [0.3, 0.4) is 0 Å². The lowest BCUT2D eigenvalue weighted by Gasteiger charge is -2.21. The fraction of sp³-hybridized carbons (Fsp3) is 0.471. The van der Waals surface area contributed by atoms with Gasteiger partial charge < -0.3 is 10.6 Å². The topological polar surface area (TPSA) is 42.2 Å². The Hall–Kier alpha value is -1.61. The summed E-state index contributed by atoms with van der Waals surface area (Å²) in [5, 5.41) is 1.17. The molecule has 0 saturated heterocycles. The van der Waals surface area contributed by atoms with Gasteiger partial charge in [-0.05, 0) is 37.9 Å². The van der Waals surface area contributed by atoms with E-state index in [0.717, 1.165) is 23.5 Å². The van der Waals surface area contributed by atoms with Gasteiger partial charge in [-0.2, -0.15) is 0 Å². The van der Waals surface area contributed by atoms with E-state index in [1.54, 1.807) is 0 Å². The maximum absolute atomic E-state index is 6.11. The lowest BCUT2D eigenvalue weighted by molar-refractivity contribution is 0.271. The van der Waals surface area contributed by atoms with E-state index >= 15 is 0 Å². The zero-order valence-electron chi connectivity index (χ0n) is 12.2. The van der Waals surface area contributed by atoms with E-state index in [-0.39, 0.29) is 0 Å². The van der Waals surface area contributed by atoms with E-state index < -0.39 is 0 Å². The standard InChI is InChI=1S/C17H23N3/c1-20(11-13-6-2-3-7-13)12-15-10-14-8-4-5-9-16(14)19-17(15)18/h4-5,8-10,13H,2-3,6-7,11-12H2,1H3,(H2,18,19). The normalized spacial score (nSPS) is 16.3. The molecule has 1 aromatic carbocycles. The summed E-state index contributed by atoms with van der Waals surface area (Å²) in [5.74, 6) is 1.54. The molecule has 1 saturated carbocycles. The summed E-state index contributed by atoms with van der Waals surface area (Å²) in [6.45, 7) is 2.06. The largest absolute Gasteiger partial charge is 0.383 e. The van der Waals surface area contributed by atoms with Crippen molar-refractivity contribution in [2.45, 2.75) is 32.2 Å². The third-order valence-electron chi connectivity index (χ3n) is 4.32. The second-order valence-electron chi connectivity index (χ2n) is 6.07. The summed E-state index contributed by atoms with van der Waals surface area (Å²) >= 11 is 0. The fourth-order valence-electron chi connectivity index (χ4n) is 3.29. The molecule has 0 bridgehead atoms. The van der Waals surface area contributed by atoms with Gasteiger partial charge in [0.15, 0.2) is 0 Å². The summed E-state index contributed by atoms with van der Waals surface area (Å²) in [7, 11) is 2.19. The second-order valence-corrected chi connectivity index (χ2v) is 6.07. The molecule has 3 heteroatoms. The van der Waals surface area contributed by atoms with Crippen molar-refractivity contribution in [1.29, 1.82) is 0 Å².